The molecule has 0 bridgehead atoms. The molecule has 1 aromatic rings. The highest BCUT2D eigenvalue weighted by molar-refractivity contribution is 7.80. The number of nitrogens with zero attached hydrogens (tertiary/aromatic N) is 1. The van der Waals surface area contributed by atoms with Crippen LogP contribution in [0.15, 0.2) is 18.2 Å². The Kier molecular flexibility index (Phi) is 6.54. The maximum atomic E-state index is 6.12. The number of rotatable bonds is 5. The zero-order chi connectivity index (χ0) is 15.1. The average Bonchev–Trinajstić information content (AvgIpc) is 2.48. The maximum Gasteiger partial charge on any atom is 0.170 e. The zero-order valence-electron chi connectivity index (χ0n) is 12.3. The summed E-state index contributed by atoms with van der Waals surface area (Å²) >= 11 is 11.4. The van der Waals surface area contributed by atoms with Gasteiger partial charge in [-0.3, -0.25) is 0 Å². The van der Waals surface area contributed by atoms with Crippen molar-refractivity contribution in [3.63, 3.8) is 0 Å². The first-order valence-electron chi connectivity index (χ1n) is 7.29. The second-order valence-electron chi connectivity index (χ2n) is 5.08. The van der Waals surface area contributed by atoms with Crippen molar-refractivity contribution in [1.82, 2.24) is 5.32 Å². The van der Waals surface area contributed by atoms with E-state index in [-0.39, 0.29) is 0 Å². The van der Waals surface area contributed by atoms with Gasteiger partial charge in [0.05, 0.1) is 18.0 Å². The van der Waals surface area contributed by atoms with Gasteiger partial charge in [-0.05, 0) is 49.7 Å². The van der Waals surface area contributed by atoms with Crippen LogP contribution >= 0.6 is 23.8 Å². The highest BCUT2D eigenvalue weighted by atomic mass is 35.5. The topological polar surface area (TPSA) is 36.5 Å². The van der Waals surface area contributed by atoms with Crippen LogP contribution in [0.5, 0.6) is 0 Å². The molecule has 1 fully saturated rings. The molecule has 2 N–H and O–H groups in total. The van der Waals surface area contributed by atoms with Gasteiger partial charge in [-0.15, -0.1) is 0 Å². The second kappa shape index (κ2) is 8.41. The fourth-order valence-corrected chi connectivity index (χ4v) is 2.84. The summed E-state index contributed by atoms with van der Waals surface area (Å²) in [5.74, 6) is 0. The Balaban J connectivity index is 2.05. The Morgan fingerprint density at radius 2 is 2.10 bits per heavy atom. The molecule has 2 rings (SSSR count). The molecule has 1 saturated heterocycles. The van der Waals surface area contributed by atoms with Gasteiger partial charge < -0.3 is 20.3 Å². The van der Waals surface area contributed by atoms with Gasteiger partial charge in [-0.1, -0.05) is 11.6 Å². The summed E-state index contributed by atoms with van der Waals surface area (Å²) in [6.45, 7) is 3.47. The van der Waals surface area contributed by atoms with Crippen LogP contribution in [0.2, 0.25) is 5.02 Å². The minimum atomic E-state index is 0.590. The summed E-state index contributed by atoms with van der Waals surface area (Å²) in [4.78, 5) is 2.39. The van der Waals surface area contributed by atoms with Crippen molar-refractivity contribution in [3.05, 3.63) is 23.2 Å². The molecule has 21 heavy (non-hydrogen) atoms. The summed E-state index contributed by atoms with van der Waals surface area (Å²) in [6, 6.07) is 5.92. The molecule has 0 radical (unpaired) electrons. The van der Waals surface area contributed by atoms with Crippen LogP contribution in [0.25, 0.3) is 0 Å². The lowest BCUT2D eigenvalue weighted by Crippen LogP contribution is -2.33. The van der Waals surface area contributed by atoms with Crippen LogP contribution in [0.1, 0.15) is 19.3 Å². The van der Waals surface area contributed by atoms with E-state index >= 15 is 0 Å². The predicted molar refractivity (Wildman–Crippen MR) is 93.6 cm³/mol. The number of anilines is 2. The van der Waals surface area contributed by atoms with E-state index in [2.05, 4.69) is 21.6 Å². The van der Waals surface area contributed by atoms with Gasteiger partial charge in [-0.25, -0.2) is 0 Å². The minimum Gasteiger partial charge on any atom is -0.383 e. The first-order valence-corrected chi connectivity index (χ1v) is 8.07. The lowest BCUT2D eigenvalue weighted by Gasteiger charge is -2.31. The molecule has 0 amide bonds. The van der Waals surface area contributed by atoms with Crippen LogP contribution < -0.4 is 15.5 Å². The van der Waals surface area contributed by atoms with Gasteiger partial charge in [0.2, 0.25) is 0 Å². The number of thiocarbonyl (C=S) groups is 1. The fraction of sp³-hybridized carbons (Fsp3) is 0.533. The Labute approximate surface area is 136 Å². The van der Waals surface area contributed by atoms with Crippen LogP contribution in [0.4, 0.5) is 11.4 Å². The molecule has 1 heterocycles. The van der Waals surface area contributed by atoms with E-state index in [0.717, 1.165) is 24.5 Å². The molecule has 1 aromatic carbocycles. The summed E-state index contributed by atoms with van der Waals surface area (Å²) in [7, 11) is 1.67. The van der Waals surface area contributed by atoms with Crippen LogP contribution in [-0.4, -0.2) is 38.5 Å². The number of ether oxygens (including phenoxy) is 1. The van der Waals surface area contributed by atoms with Crippen molar-refractivity contribution >= 4 is 40.3 Å². The summed E-state index contributed by atoms with van der Waals surface area (Å²) in [5, 5.41) is 7.66. The number of benzene rings is 1. The maximum absolute atomic E-state index is 6.12. The number of piperidine rings is 1. The number of methoxy groups -OCH3 is 1. The van der Waals surface area contributed by atoms with Gasteiger partial charge in [0.1, 0.15) is 0 Å². The van der Waals surface area contributed by atoms with E-state index in [1.807, 2.05) is 12.1 Å². The molecular formula is C15H22ClN3OS. The van der Waals surface area contributed by atoms with E-state index in [0.29, 0.717) is 23.3 Å². The van der Waals surface area contributed by atoms with Crippen molar-refractivity contribution < 1.29 is 4.74 Å². The molecule has 0 unspecified atom stereocenters. The van der Waals surface area contributed by atoms with Crippen LogP contribution in [0, 0.1) is 0 Å². The van der Waals surface area contributed by atoms with Gasteiger partial charge in [-0.2, -0.15) is 0 Å². The van der Waals surface area contributed by atoms with Gasteiger partial charge in [0.15, 0.2) is 5.11 Å². The molecule has 0 saturated carbocycles. The van der Waals surface area contributed by atoms with Crippen molar-refractivity contribution in [1.29, 1.82) is 0 Å². The molecular weight excluding hydrogens is 306 g/mol. The largest absolute Gasteiger partial charge is 0.383 e. The van der Waals surface area contributed by atoms with Crippen molar-refractivity contribution in [3.8, 4) is 0 Å². The average molecular weight is 328 g/mol. The molecule has 6 heteroatoms. The molecule has 0 atom stereocenters. The molecule has 4 nitrogen and oxygen atoms in total. The highest BCUT2D eigenvalue weighted by Crippen LogP contribution is 2.31. The normalized spacial score (nSPS) is 14.9. The molecule has 0 spiro atoms. The molecule has 0 aromatic heterocycles. The first kappa shape index (κ1) is 16.3. The van der Waals surface area contributed by atoms with E-state index in [4.69, 9.17) is 28.6 Å². The molecule has 0 aliphatic carbocycles. The van der Waals surface area contributed by atoms with Gasteiger partial charge in [0.25, 0.3) is 0 Å². The third kappa shape index (κ3) is 5.02. The Morgan fingerprint density at radius 1 is 1.33 bits per heavy atom. The Morgan fingerprint density at radius 3 is 2.81 bits per heavy atom. The lowest BCUT2D eigenvalue weighted by molar-refractivity contribution is 0.204. The fourth-order valence-electron chi connectivity index (χ4n) is 2.45. The predicted octanol–water partition coefficient (Wildman–Crippen LogP) is 3.26. The summed E-state index contributed by atoms with van der Waals surface area (Å²) < 4.78 is 5.00. The van der Waals surface area contributed by atoms with E-state index in [1.54, 1.807) is 7.11 Å². The molecule has 1 aliphatic rings. The number of nitrogens with one attached hydrogen (secondary N) is 2. The Bertz CT molecular complexity index is 478. The minimum absolute atomic E-state index is 0.590. The number of hydrogen-bond acceptors (Lipinski definition) is 3. The zero-order valence-corrected chi connectivity index (χ0v) is 13.9. The van der Waals surface area contributed by atoms with Crippen LogP contribution in [-0.2, 0) is 4.74 Å². The van der Waals surface area contributed by atoms with Gasteiger partial charge in [0, 0.05) is 31.8 Å². The second-order valence-corrected chi connectivity index (χ2v) is 5.93. The summed E-state index contributed by atoms with van der Waals surface area (Å²) in [5.41, 5.74) is 2.12. The van der Waals surface area contributed by atoms with Gasteiger partial charge >= 0.3 is 0 Å². The first-order chi connectivity index (χ1) is 10.2. The van der Waals surface area contributed by atoms with E-state index in [1.165, 1.54) is 19.3 Å². The quantitative estimate of drug-likeness (QED) is 0.641. The summed E-state index contributed by atoms with van der Waals surface area (Å²) in [6.07, 6.45) is 3.78. The molecule has 1 aliphatic heterocycles. The third-order valence-corrected chi connectivity index (χ3v) is 3.98. The number of halogens is 1. The van der Waals surface area contributed by atoms with Crippen molar-refractivity contribution in [2.75, 3.05) is 43.6 Å². The van der Waals surface area contributed by atoms with Crippen LogP contribution in [0.3, 0.4) is 0 Å². The SMILES string of the molecule is COCCNC(=S)Nc1cc(Cl)ccc1N1CCCCC1. The van der Waals surface area contributed by atoms with Crippen molar-refractivity contribution in [2.24, 2.45) is 0 Å². The standard InChI is InChI=1S/C15H22ClN3OS/c1-20-10-7-17-15(21)18-13-11-12(16)5-6-14(13)19-8-3-2-4-9-19/h5-6,11H,2-4,7-10H2,1H3,(H2,17,18,21). The Hall–Kier alpha value is -1.04. The molecule has 116 valence electrons. The third-order valence-electron chi connectivity index (χ3n) is 3.50. The number of hydrogen-bond donors (Lipinski definition) is 2. The monoisotopic (exact) mass is 327 g/mol. The lowest BCUT2D eigenvalue weighted by atomic mass is 10.1. The van der Waals surface area contributed by atoms with Crippen molar-refractivity contribution in [2.45, 2.75) is 19.3 Å². The smallest absolute Gasteiger partial charge is 0.170 e. The highest BCUT2D eigenvalue weighted by Gasteiger charge is 2.15. The van der Waals surface area contributed by atoms with E-state index < -0.39 is 0 Å². The van der Waals surface area contributed by atoms with E-state index in [9.17, 15) is 0 Å².